The second-order valence-electron chi connectivity index (χ2n) is 7.79. The fraction of sp³-hybridized carbons (Fsp3) is 0.409. The van der Waals surface area contributed by atoms with Gasteiger partial charge < -0.3 is 14.8 Å². The van der Waals surface area contributed by atoms with Crippen LogP contribution in [0.3, 0.4) is 0 Å². The Balaban J connectivity index is 1.42. The zero-order valence-corrected chi connectivity index (χ0v) is 18.0. The fourth-order valence-electron chi connectivity index (χ4n) is 3.87. The van der Waals surface area contributed by atoms with Crippen molar-refractivity contribution in [1.29, 1.82) is 0 Å². The molecule has 1 N–H and O–H groups in total. The standard InChI is InChI=1S/C22H25FN2O5S/c1-15(16-4-9-20-21(13-16)30-12-11-29-20)24-22(26)17-3-2-10-25(14-17)31(27,28)19-7-5-18(23)6-8-19/h4-9,13,15,17H,2-3,10-12,14H2,1H3,(H,24,26)/t15-,17+/m1/s1. The third kappa shape index (κ3) is 4.67. The van der Waals surface area contributed by atoms with Gasteiger partial charge >= 0.3 is 0 Å². The minimum Gasteiger partial charge on any atom is -0.486 e. The number of sulfonamides is 1. The monoisotopic (exact) mass is 448 g/mol. The number of carbonyl (C=O) groups excluding carboxylic acids is 1. The van der Waals surface area contributed by atoms with E-state index in [9.17, 15) is 17.6 Å². The molecule has 0 unspecified atom stereocenters. The molecule has 0 aliphatic carbocycles. The first kappa shape index (κ1) is 21.6. The molecule has 1 fully saturated rings. The zero-order valence-electron chi connectivity index (χ0n) is 17.2. The first-order valence-corrected chi connectivity index (χ1v) is 11.7. The highest BCUT2D eigenvalue weighted by molar-refractivity contribution is 7.89. The molecule has 2 aliphatic heterocycles. The first-order valence-electron chi connectivity index (χ1n) is 10.3. The number of halogens is 1. The average molecular weight is 449 g/mol. The minimum atomic E-state index is -3.78. The third-order valence-electron chi connectivity index (χ3n) is 5.63. The summed E-state index contributed by atoms with van der Waals surface area (Å²) in [6, 6.07) is 10.0. The highest BCUT2D eigenvalue weighted by atomic mass is 32.2. The van der Waals surface area contributed by atoms with Crippen molar-refractivity contribution in [2.24, 2.45) is 5.92 Å². The highest BCUT2D eigenvalue weighted by Gasteiger charge is 2.33. The predicted octanol–water partition coefficient (Wildman–Crippen LogP) is 2.88. The van der Waals surface area contributed by atoms with E-state index in [0.29, 0.717) is 44.1 Å². The smallest absolute Gasteiger partial charge is 0.243 e. The number of nitrogens with one attached hydrogen (secondary N) is 1. The van der Waals surface area contributed by atoms with Gasteiger partial charge in [-0.25, -0.2) is 12.8 Å². The lowest BCUT2D eigenvalue weighted by atomic mass is 9.97. The number of carbonyl (C=O) groups is 1. The van der Waals surface area contributed by atoms with Crippen LogP contribution in [0.4, 0.5) is 4.39 Å². The Bertz CT molecular complexity index is 1060. The largest absolute Gasteiger partial charge is 0.486 e. The van der Waals surface area contributed by atoms with Crippen molar-refractivity contribution in [3.8, 4) is 11.5 Å². The number of ether oxygens (including phenoxy) is 2. The lowest BCUT2D eigenvalue weighted by Crippen LogP contribution is -2.45. The van der Waals surface area contributed by atoms with Crippen LogP contribution in [0.5, 0.6) is 11.5 Å². The van der Waals surface area contributed by atoms with Crippen LogP contribution in [0.2, 0.25) is 0 Å². The molecular weight excluding hydrogens is 423 g/mol. The molecule has 1 amide bonds. The minimum absolute atomic E-state index is 0.0274. The van der Waals surface area contributed by atoms with Gasteiger partial charge in [0.05, 0.1) is 16.9 Å². The van der Waals surface area contributed by atoms with Crippen molar-refractivity contribution >= 4 is 15.9 Å². The molecule has 9 heteroatoms. The molecule has 4 rings (SSSR count). The molecule has 166 valence electrons. The second kappa shape index (κ2) is 8.84. The number of hydrogen-bond acceptors (Lipinski definition) is 5. The maximum Gasteiger partial charge on any atom is 0.243 e. The number of piperidine rings is 1. The third-order valence-corrected chi connectivity index (χ3v) is 7.51. The lowest BCUT2D eigenvalue weighted by Gasteiger charge is -2.32. The van der Waals surface area contributed by atoms with Crippen molar-refractivity contribution in [3.05, 3.63) is 53.8 Å². The Labute approximate surface area is 181 Å². The van der Waals surface area contributed by atoms with Gasteiger partial charge in [-0.2, -0.15) is 4.31 Å². The molecule has 0 radical (unpaired) electrons. The summed E-state index contributed by atoms with van der Waals surface area (Å²) < 4.78 is 51.4. The molecule has 2 aromatic rings. The fourth-order valence-corrected chi connectivity index (χ4v) is 5.40. The summed E-state index contributed by atoms with van der Waals surface area (Å²) in [5, 5.41) is 2.99. The van der Waals surface area contributed by atoms with E-state index >= 15 is 0 Å². The Morgan fingerprint density at radius 1 is 1.13 bits per heavy atom. The Kier molecular flexibility index (Phi) is 6.15. The van der Waals surface area contributed by atoms with E-state index in [0.717, 1.165) is 17.7 Å². The number of fused-ring (bicyclic) bond motifs is 1. The van der Waals surface area contributed by atoms with E-state index in [1.54, 1.807) is 0 Å². The van der Waals surface area contributed by atoms with E-state index in [4.69, 9.17) is 9.47 Å². The molecule has 2 aromatic carbocycles. The number of nitrogens with zero attached hydrogens (tertiary/aromatic N) is 1. The summed E-state index contributed by atoms with van der Waals surface area (Å²) in [6.45, 7) is 3.30. The normalized spacial score (nSPS) is 20.1. The van der Waals surface area contributed by atoms with E-state index in [1.165, 1.54) is 16.4 Å². The maximum absolute atomic E-state index is 13.2. The summed E-state index contributed by atoms with van der Waals surface area (Å²) in [4.78, 5) is 12.9. The van der Waals surface area contributed by atoms with Gasteiger partial charge in [-0.05, 0) is 61.7 Å². The van der Waals surface area contributed by atoms with Crippen molar-refractivity contribution in [2.75, 3.05) is 26.3 Å². The van der Waals surface area contributed by atoms with Crippen LogP contribution in [0.25, 0.3) is 0 Å². The summed E-state index contributed by atoms with van der Waals surface area (Å²) in [5.74, 6) is 0.189. The highest BCUT2D eigenvalue weighted by Crippen LogP contribution is 2.33. The van der Waals surface area contributed by atoms with Crippen molar-refractivity contribution in [1.82, 2.24) is 9.62 Å². The number of amides is 1. The van der Waals surface area contributed by atoms with Gasteiger partial charge in [-0.3, -0.25) is 4.79 Å². The molecule has 2 aliphatic rings. The summed E-state index contributed by atoms with van der Waals surface area (Å²) in [7, 11) is -3.78. The summed E-state index contributed by atoms with van der Waals surface area (Å²) in [6.07, 6.45) is 1.19. The lowest BCUT2D eigenvalue weighted by molar-refractivity contribution is -0.126. The summed E-state index contributed by atoms with van der Waals surface area (Å²) >= 11 is 0. The molecule has 2 atom stereocenters. The van der Waals surface area contributed by atoms with Gasteiger partial charge in [-0.15, -0.1) is 0 Å². The average Bonchev–Trinajstić information content (AvgIpc) is 2.79. The van der Waals surface area contributed by atoms with Gasteiger partial charge in [0, 0.05) is 13.1 Å². The van der Waals surface area contributed by atoms with Crippen LogP contribution in [0, 0.1) is 11.7 Å². The Morgan fingerprint density at radius 3 is 2.58 bits per heavy atom. The number of rotatable bonds is 5. The number of hydrogen-bond donors (Lipinski definition) is 1. The first-order chi connectivity index (χ1) is 14.8. The molecule has 0 aromatic heterocycles. The quantitative estimate of drug-likeness (QED) is 0.760. The SMILES string of the molecule is C[C@@H](NC(=O)[C@H]1CCCN(S(=O)(=O)c2ccc(F)cc2)C1)c1ccc2c(c1)OCCO2. The summed E-state index contributed by atoms with van der Waals surface area (Å²) in [5.41, 5.74) is 0.879. The maximum atomic E-state index is 13.2. The van der Waals surface area contributed by atoms with E-state index < -0.39 is 21.8 Å². The van der Waals surface area contributed by atoms with E-state index in [2.05, 4.69) is 5.32 Å². The van der Waals surface area contributed by atoms with Crippen LogP contribution in [0.15, 0.2) is 47.4 Å². The van der Waals surface area contributed by atoms with Crippen LogP contribution >= 0.6 is 0 Å². The van der Waals surface area contributed by atoms with Gasteiger partial charge in [0.2, 0.25) is 15.9 Å². The molecule has 0 spiro atoms. The predicted molar refractivity (Wildman–Crippen MR) is 112 cm³/mol. The molecular formula is C22H25FN2O5S. The molecule has 31 heavy (non-hydrogen) atoms. The van der Waals surface area contributed by atoms with Gasteiger partial charge in [0.1, 0.15) is 19.0 Å². The molecule has 2 heterocycles. The van der Waals surface area contributed by atoms with Crippen LogP contribution in [0.1, 0.15) is 31.4 Å². The van der Waals surface area contributed by atoms with Gasteiger partial charge in [0.25, 0.3) is 0 Å². The van der Waals surface area contributed by atoms with Crippen LogP contribution in [-0.2, 0) is 14.8 Å². The topological polar surface area (TPSA) is 84.9 Å². The Morgan fingerprint density at radius 2 is 1.84 bits per heavy atom. The van der Waals surface area contributed by atoms with Crippen molar-refractivity contribution in [2.45, 2.75) is 30.7 Å². The molecule has 1 saturated heterocycles. The molecule has 7 nitrogen and oxygen atoms in total. The van der Waals surface area contributed by atoms with E-state index in [-0.39, 0.29) is 23.4 Å². The Hall–Kier alpha value is -2.65. The number of benzene rings is 2. The van der Waals surface area contributed by atoms with Gasteiger partial charge in [0.15, 0.2) is 11.5 Å². The van der Waals surface area contributed by atoms with Crippen LogP contribution in [-0.4, -0.2) is 44.9 Å². The van der Waals surface area contributed by atoms with Crippen LogP contribution < -0.4 is 14.8 Å². The van der Waals surface area contributed by atoms with Crippen molar-refractivity contribution in [3.63, 3.8) is 0 Å². The van der Waals surface area contributed by atoms with E-state index in [1.807, 2.05) is 25.1 Å². The zero-order chi connectivity index (χ0) is 22.0. The van der Waals surface area contributed by atoms with Crippen molar-refractivity contribution < 1.29 is 27.1 Å². The molecule has 0 saturated carbocycles. The van der Waals surface area contributed by atoms with Gasteiger partial charge in [-0.1, -0.05) is 6.07 Å². The molecule has 0 bridgehead atoms. The second-order valence-corrected chi connectivity index (χ2v) is 9.73.